The van der Waals surface area contributed by atoms with Crippen molar-refractivity contribution in [1.82, 2.24) is 9.80 Å². The van der Waals surface area contributed by atoms with Gasteiger partial charge in [-0.05, 0) is 50.8 Å². The van der Waals surface area contributed by atoms with Crippen LogP contribution >= 0.6 is 0 Å². The molecule has 1 fully saturated rings. The van der Waals surface area contributed by atoms with Crippen molar-refractivity contribution in [3.8, 4) is 0 Å². The molecular formula is C25H34N2O5. The number of hydrogen-bond donors (Lipinski definition) is 0. The third-order valence-electron chi connectivity index (χ3n) is 5.90. The fourth-order valence-corrected chi connectivity index (χ4v) is 3.96. The van der Waals surface area contributed by atoms with Gasteiger partial charge in [-0.3, -0.25) is 14.5 Å². The molecule has 2 aromatic rings. The van der Waals surface area contributed by atoms with E-state index in [2.05, 4.69) is 12.1 Å². The van der Waals surface area contributed by atoms with Crippen molar-refractivity contribution in [1.29, 1.82) is 0 Å². The summed E-state index contributed by atoms with van der Waals surface area (Å²) in [5.41, 5.74) is 1.17. The highest BCUT2D eigenvalue weighted by atomic mass is 16.5. The van der Waals surface area contributed by atoms with Gasteiger partial charge >= 0.3 is 5.97 Å². The highest BCUT2D eigenvalue weighted by Gasteiger charge is 2.30. The molecular weight excluding hydrogens is 408 g/mol. The smallest absolute Gasteiger partial charge is 0.322 e. The standard InChI is InChI=1S/C25H34N2O5/c1-19-11-12-23(32-19)17-26(14-13-21-8-5-4-6-9-21)24(28)18-27(20(2)25(29)30-3)16-22-10-7-15-31-22/h4-6,8-9,11-12,20,22H,7,10,13-18H2,1-3H3/t20-,22+/m1/s1. The normalized spacial score (nSPS) is 16.8. The first-order chi connectivity index (χ1) is 15.5. The lowest BCUT2D eigenvalue weighted by Crippen LogP contribution is -2.49. The molecule has 32 heavy (non-hydrogen) atoms. The fraction of sp³-hybridized carbons (Fsp3) is 0.520. The predicted molar refractivity (Wildman–Crippen MR) is 121 cm³/mol. The van der Waals surface area contributed by atoms with Crippen molar-refractivity contribution < 1.29 is 23.5 Å². The van der Waals surface area contributed by atoms with Crippen LogP contribution < -0.4 is 0 Å². The summed E-state index contributed by atoms with van der Waals surface area (Å²) < 4.78 is 16.4. The Kier molecular flexibility index (Phi) is 8.88. The monoisotopic (exact) mass is 442 g/mol. The summed E-state index contributed by atoms with van der Waals surface area (Å²) in [6, 6.07) is 13.4. The van der Waals surface area contributed by atoms with Crippen LogP contribution in [0.1, 0.15) is 36.8 Å². The van der Waals surface area contributed by atoms with Crippen molar-refractivity contribution in [3.05, 3.63) is 59.5 Å². The second-order valence-corrected chi connectivity index (χ2v) is 8.33. The molecule has 1 aliphatic heterocycles. The summed E-state index contributed by atoms with van der Waals surface area (Å²) in [5.74, 6) is 1.16. The Balaban J connectivity index is 1.72. The maximum absolute atomic E-state index is 13.4. The molecule has 1 aliphatic rings. The van der Waals surface area contributed by atoms with Gasteiger partial charge in [0.1, 0.15) is 17.6 Å². The van der Waals surface area contributed by atoms with Crippen molar-refractivity contribution >= 4 is 11.9 Å². The number of rotatable bonds is 11. The molecule has 0 N–H and O–H groups in total. The highest BCUT2D eigenvalue weighted by molar-refractivity contribution is 5.80. The van der Waals surface area contributed by atoms with Crippen molar-refractivity contribution in [2.45, 2.75) is 51.8 Å². The van der Waals surface area contributed by atoms with E-state index in [0.29, 0.717) is 19.6 Å². The number of ether oxygens (including phenoxy) is 2. The Hall–Kier alpha value is -2.64. The molecule has 1 aromatic carbocycles. The molecule has 7 heteroatoms. The zero-order chi connectivity index (χ0) is 22.9. The Morgan fingerprint density at radius 3 is 2.59 bits per heavy atom. The van der Waals surface area contributed by atoms with E-state index in [9.17, 15) is 9.59 Å². The summed E-state index contributed by atoms with van der Waals surface area (Å²) in [5, 5.41) is 0. The second kappa shape index (κ2) is 11.8. The van der Waals surface area contributed by atoms with Crippen LogP contribution in [0.25, 0.3) is 0 Å². The van der Waals surface area contributed by atoms with Crippen molar-refractivity contribution in [2.75, 3.05) is 33.4 Å². The topological polar surface area (TPSA) is 72.2 Å². The molecule has 174 valence electrons. The zero-order valence-electron chi connectivity index (χ0n) is 19.3. The molecule has 3 rings (SSSR count). The van der Waals surface area contributed by atoms with E-state index >= 15 is 0 Å². The van der Waals surface area contributed by atoms with Crippen LogP contribution in [0, 0.1) is 6.92 Å². The molecule has 7 nitrogen and oxygen atoms in total. The van der Waals surface area contributed by atoms with Gasteiger partial charge in [0.2, 0.25) is 5.91 Å². The number of methoxy groups -OCH3 is 1. The highest BCUT2D eigenvalue weighted by Crippen LogP contribution is 2.17. The van der Waals surface area contributed by atoms with Crippen LogP contribution in [0.15, 0.2) is 46.9 Å². The van der Waals surface area contributed by atoms with E-state index in [-0.39, 0.29) is 24.5 Å². The molecule has 0 aliphatic carbocycles. The number of aryl methyl sites for hydroxylation is 1. The summed E-state index contributed by atoms with van der Waals surface area (Å²) >= 11 is 0. The molecule has 0 spiro atoms. The number of carbonyl (C=O) groups is 2. The van der Waals surface area contributed by atoms with E-state index in [1.807, 2.05) is 42.2 Å². The summed E-state index contributed by atoms with van der Waals surface area (Å²) in [6.45, 7) is 5.97. The number of furan rings is 1. The van der Waals surface area contributed by atoms with Gasteiger partial charge in [-0.2, -0.15) is 0 Å². The van der Waals surface area contributed by atoms with Crippen LogP contribution in [-0.2, 0) is 32.0 Å². The molecule has 2 heterocycles. The average molecular weight is 443 g/mol. The molecule has 1 amide bonds. The first kappa shape index (κ1) is 24.0. The third kappa shape index (κ3) is 6.93. The van der Waals surface area contributed by atoms with Crippen molar-refractivity contribution in [3.63, 3.8) is 0 Å². The van der Waals surface area contributed by atoms with Crippen LogP contribution in [0.3, 0.4) is 0 Å². The first-order valence-corrected chi connectivity index (χ1v) is 11.3. The fourth-order valence-electron chi connectivity index (χ4n) is 3.96. The van der Waals surface area contributed by atoms with E-state index < -0.39 is 6.04 Å². The largest absolute Gasteiger partial charge is 0.468 e. The average Bonchev–Trinajstić information content (AvgIpc) is 3.47. The molecule has 0 saturated carbocycles. The molecule has 0 bridgehead atoms. The molecule has 1 saturated heterocycles. The van der Waals surface area contributed by atoms with Gasteiger partial charge in [0.15, 0.2) is 0 Å². The van der Waals surface area contributed by atoms with E-state index in [1.54, 1.807) is 11.8 Å². The van der Waals surface area contributed by atoms with Gasteiger partial charge in [-0.25, -0.2) is 0 Å². The van der Waals surface area contributed by atoms with Crippen LogP contribution in [0.4, 0.5) is 0 Å². The van der Waals surface area contributed by atoms with E-state index in [4.69, 9.17) is 13.9 Å². The Labute approximate surface area is 190 Å². The summed E-state index contributed by atoms with van der Waals surface area (Å²) in [4.78, 5) is 29.3. The van der Waals surface area contributed by atoms with Gasteiger partial charge in [-0.1, -0.05) is 30.3 Å². The van der Waals surface area contributed by atoms with Gasteiger partial charge < -0.3 is 18.8 Å². The minimum Gasteiger partial charge on any atom is -0.468 e. The molecule has 1 aromatic heterocycles. The lowest BCUT2D eigenvalue weighted by molar-refractivity contribution is -0.148. The van der Waals surface area contributed by atoms with Crippen LogP contribution in [0.5, 0.6) is 0 Å². The number of carbonyl (C=O) groups excluding carboxylic acids is 2. The Morgan fingerprint density at radius 2 is 1.97 bits per heavy atom. The van der Waals surface area contributed by atoms with Gasteiger partial charge in [0.25, 0.3) is 0 Å². The van der Waals surface area contributed by atoms with Crippen LogP contribution in [-0.4, -0.2) is 67.2 Å². The Morgan fingerprint density at radius 1 is 1.19 bits per heavy atom. The number of benzene rings is 1. The second-order valence-electron chi connectivity index (χ2n) is 8.33. The minimum atomic E-state index is -0.532. The quantitative estimate of drug-likeness (QED) is 0.498. The van der Waals surface area contributed by atoms with Crippen LogP contribution in [0.2, 0.25) is 0 Å². The van der Waals surface area contributed by atoms with Crippen molar-refractivity contribution in [2.24, 2.45) is 0 Å². The number of nitrogens with zero attached hydrogens (tertiary/aromatic N) is 2. The minimum absolute atomic E-state index is 0.0281. The molecule has 2 atom stereocenters. The maximum atomic E-state index is 13.4. The Bertz CT molecular complexity index is 860. The predicted octanol–water partition coefficient (Wildman–Crippen LogP) is 3.20. The van der Waals surface area contributed by atoms with Gasteiger partial charge in [0.05, 0.1) is 26.3 Å². The summed E-state index contributed by atoms with van der Waals surface area (Å²) in [6.07, 6.45) is 2.70. The van der Waals surface area contributed by atoms with E-state index in [1.165, 1.54) is 12.7 Å². The summed E-state index contributed by atoms with van der Waals surface area (Å²) in [7, 11) is 1.37. The molecule has 0 unspecified atom stereocenters. The molecule has 0 radical (unpaired) electrons. The lowest BCUT2D eigenvalue weighted by Gasteiger charge is -2.31. The third-order valence-corrected chi connectivity index (χ3v) is 5.90. The van der Waals surface area contributed by atoms with Gasteiger partial charge in [0, 0.05) is 19.7 Å². The first-order valence-electron chi connectivity index (χ1n) is 11.3. The van der Waals surface area contributed by atoms with E-state index in [0.717, 1.165) is 37.4 Å². The van der Waals surface area contributed by atoms with Gasteiger partial charge in [-0.15, -0.1) is 0 Å². The number of amides is 1. The number of esters is 1. The SMILES string of the molecule is COC(=O)[C@@H](C)N(CC(=O)N(CCc1ccccc1)Cc1ccc(C)o1)C[C@@H]1CCCO1. The zero-order valence-corrected chi connectivity index (χ0v) is 19.3. The lowest BCUT2D eigenvalue weighted by atomic mass is 10.1. The number of hydrogen-bond acceptors (Lipinski definition) is 6. The maximum Gasteiger partial charge on any atom is 0.322 e.